The van der Waals surface area contributed by atoms with Gasteiger partial charge in [0.2, 0.25) is 0 Å². The topological polar surface area (TPSA) is 74.2 Å². The Morgan fingerprint density at radius 3 is 2.78 bits per heavy atom. The number of nitrogens with zero attached hydrogens (tertiary/aromatic N) is 3. The van der Waals surface area contributed by atoms with Crippen LogP contribution in [0.5, 0.6) is 0 Å². The fraction of sp³-hybridized carbons (Fsp3) is 0.800. The Bertz CT molecular complexity index is 472. The van der Waals surface area contributed by atoms with Crippen molar-refractivity contribution in [1.82, 2.24) is 15.1 Å². The molecular formula is C15H26N4O3S. The van der Waals surface area contributed by atoms with Gasteiger partial charge in [-0.05, 0) is 13.3 Å². The Kier molecular flexibility index (Phi) is 6.71. The molecule has 2 aliphatic rings. The zero-order chi connectivity index (χ0) is 16.8. The lowest BCUT2D eigenvalue weighted by Crippen LogP contribution is -2.63. The molecule has 1 saturated heterocycles. The number of carbonyl (C=O) groups is 2. The molecule has 3 amide bonds. The minimum atomic E-state index is -0.452. The van der Waals surface area contributed by atoms with Crippen molar-refractivity contribution in [3.63, 3.8) is 0 Å². The summed E-state index contributed by atoms with van der Waals surface area (Å²) in [5.74, 6) is 0.693. The number of amidine groups is 1. The van der Waals surface area contributed by atoms with Gasteiger partial charge >= 0.3 is 6.03 Å². The van der Waals surface area contributed by atoms with Gasteiger partial charge in [-0.1, -0.05) is 31.5 Å². The Morgan fingerprint density at radius 1 is 1.30 bits per heavy atom. The maximum Gasteiger partial charge on any atom is 0.325 e. The van der Waals surface area contributed by atoms with Crippen molar-refractivity contribution >= 4 is 28.9 Å². The van der Waals surface area contributed by atoms with Crippen molar-refractivity contribution in [1.29, 1.82) is 0 Å². The number of nitrogens with one attached hydrogen (secondary N) is 1. The molecule has 2 rings (SSSR count). The Balaban J connectivity index is 2.08. The number of urea groups is 1. The lowest BCUT2D eigenvalue weighted by molar-refractivity contribution is -0.127. The van der Waals surface area contributed by atoms with Gasteiger partial charge in [0, 0.05) is 26.0 Å². The second-order valence-corrected chi connectivity index (χ2v) is 6.68. The Morgan fingerprint density at radius 2 is 2.09 bits per heavy atom. The van der Waals surface area contributed by atoms with E-state index < -0.39 is 12.2 Å². The first-order chi connectivity index (χ1) is 11.1. The van der Waals surface area contributed by atoms with Gasteiger partial charge in [-0.25, -0.2) is 9.79 Å². The highest BCUT2D eigenvalue weighted by Gasteiger charge is 2.48. The molecule has 2 unspecified atom stereocenters. The van der Waals surface area contributed by atoms with Gasteiger partial charge in [0.15, 0.2) is 17.4 Å². The summed E-state index contributed by atoms with van der Waals surface area (Å²) < 4.78 is 5.43. The normalized spacial score (nSPS) is 23.9. The number of fused-ring (bicyclic) bond motifs is 1. The predicted octanol–water partition coefficient (Wildman–Crippen LogP) is 1.49. The van der Waals surface area contributed by atoms with Crippen LogP contribution in [0.25, 0.3) is 0 Å². The number of likely N-dealkylation sites (N-methyl/N-ethyl adjacent to an activating group) is 1. The van der Waals surface area contributed by atoms with E-state index in [1.54, 1.807) is 18.8 Å². The molecule has 2 aliphatic heterocycles. The quantitative estimate of drug-likeness (QED) is 0.677. The van der Waals surface area contributed by atoms with E-state index in [1.807, 2.05) is 11.8 Å². The van der Waals surface area contributed by atoms with Gasteiger partial charge in [-0.2, -0.15) is 0 Å². The van der Waals surface area contributed by atoms with Crippen LogP contribution in [0.2, 0.25) is 0 Å². The summed E-state index contributed by atoms with van der Waals surface area (Å²) in [6, 6.07) is -0.839. The fourth-order valence-corrected chi connectivity index (χ4v) is 3.76. The van der Waals surface area contributed by atoms with Gasteiger partial charge in [0.1, 0.15) is 0 Å². The van der Waals surface area contributed by atoms with E-state index in [-0.39, 0.29) is 11.9 Å². The van der Waals surface area contributed by atoms with Crippen LogP contribution in [-0.2, 0) is 9.53 Å². The summed E-state index contributed by atoms with van der Waals surface area (Å²) in [6.45, 7) is 5.90. The van der Waals surface area contributed by atoms with E-state index in [0.29, 0.717) is 19.8 Å². The number of rotatable bonds is 8. The van der Waals surface area contributed by atoms with Crippen LogP contribution in [0.1, 0.15) is 33.1 Å². The van der Waals surface area contributed by atoms with E-state index in [0.717, 1.165) is 17.3 Å². The van der Waals surface area contributed by atoms with E-state index in [2.05, 4.69) is 17.2 Å². The summed E-state index contributed by atoms with van der Waals surface area (Å²) >= 11 is 1.66. The molecule has 7 nitrogen and oxygen atoms in total. The number of amides is 3. The monoisotopic (exact) mass is 342 g/mol. The third-order valence-electron chi connectivity index (χ3n) is 3.98. The van der Waals surface area contributed by atoms with E-state index in [4.69, 9.17) is 4.74 Å². The van der Waals surface area contributed by atoms with Gasteiger partial charge in [0.05, 0.1) is 6.61 Å². The predicted molar refractivity (Wildman–Crippen MR) is 91.5 cm³/mol. The first-order valence-corrected chi connectivity index (χ1v) is 9.21. The first-order valence-electron chi connectivity index (χ1n) is 8.22. The number of hydrogen-bond acceptors (Lipinski definition) is 6. The van der Waals surface area contributed by atoms with Gasteiger partial charge in [-0.15, -0.1) is 0 Å². The minimum Gasteiger partial charge on any atom is -0.380 e. The van der Waals surface area contributed by atoms with Crippen molar-refractivity contribution < 1.29 is 14.3 Å². The Labute approximate surface area is 141 Å². The summed E-state index contributed by atoms with van der Waals surface area (Å²) in [4.78, 5) is 32.2. The molecule has 0 aromatic heterocycles. The smallest absolute Gasteiger partial charge is 0.325 e. The number of aliphatic imine (C=N–C) groups is 1. The molecule has 0 saturated carbocycles. The van der Waals surface area contributed by atoms with Crippen molar-refractivity contribution in [2.45, 2.75) is 45.3 Å². The molecule has 2 heterocycles. The SMILES string of the molecule is CCCCCSC1=NC2C(C(=O)NC(=O)N2C)N1CCOCC. The largest absolute Gasteiger partial charge is 0.380 e. The third kappa shape index (κ3) is 4.17. The summed E-state index contributed by atoms with van der Waals surface area (Å²) in [6.07, 6.45) is 3.04. The van der Waals surface area contributed by atoms with Crippen LogP contribution in [-0.4, -0.2) is 71.7 Å². The molecule has 1 N–H and O–H groups in total. The molecule has 8 heteroatoms. The highest BCUT2D eigenvalue weighted by atomic mass is 32.2. The molecule has 0 spiro atoms. The standard InChI is InChI=1S/C15H26N4O3S/c1-4-6-7-10-23-15-16-12-11(19(15)8-9-22-5-2)13(20)17-14(21)18(12)3/h11-12H,4-10H2,1-3H3,(H,17,20,21). The molecular weight excluding hydrogens is 316 g/mol. The molecule has 2 atom stereocenters. The van der Waals surface area contributed by atoms with Crippen LogP contribution >= 0.6 is 11.8 Å². The molecule has 0 aromatic carbocycles. The highest BCUT2D eigenvalue weighted by Crippen LogP contribution is 2.28. The van der Waals surface area contributed by atoms with Gasteiger partial charge < -0.3 is 14.5 Å². The zero-order valence-corrected chi connectivity index (χ0v) is 14.9. The van der Waals surface area contributed by atoms with Crippen LogP contribution in [0, 0.1) is 0 Å². The van der Waals surface area contributed by atoms with Crippen LogP contribution < -0.4 is 5.32 Å². The first kappa shape index (κ1) is 18.1. The molecule has 0 aromatic rings. The highest BCUT2D eigenvalue weighted by molar-refractivity contribution is 8.13. The molecule has 1 fully saturated rings. The van der Waals surface area contributed by atoms with Crippen LogP contribution in [0.4, 0.5) is 4.79 Å². The number of hydrogen-bond donors (Lipinski definition) is 1. The van der Waals surface area contributed by atoms with Gasteiger partial charge in [0.25, 0.3) is 5.91 Å². The summed E-state index contributed by atoms with van der Waals surface area (Å²) in [5, 5.41) is 3.24. The zero-order valence-electron chi connectivity index (χ0n) is 14.1. The summed E-state index contributed by atoms with van der Waals surface area (Å²) in [7, 11) is 1.67. The maximum atomic E-state index is 12.3. The van der Waals surface area contributed by atoms with Crippen molar-refractivity contribution in [3.8, 4) is 0 Å². The summed E-state index contributed by atoms with van der Waals surface area (Å²) in [5.41, 5.74) is 0. The number of carbonyl (C=O) groups excluding carboxylic acids is 2. The molecule has 0 aliphatic carbocycles. The van der Waals surface area contributed by atoms with Crippen molar-refractivity contribution in [2.75, 3.05) is 32.6 Å². The molecule has 0 bridgehead atoms. The average Bonchev–Trinajstić information content (AvgIpc) is 2.89. The van der Waals surface area contributed by atoms with Crippen molar-refractivity contribution in [2.24, 2.45) is 4.99 Å². The van der Waals surface area contributed by atoms with Crippen LogP contribution in [0.15, 0.2) is 4.99 Å². The van der Waals surface area contributed by atoms with E-state index in [9.17, 15) is 9.59 Å². The fourth-order valence-electron chi connectivity index (χ4n) is 2.68. The third-order valence-corrected chi connectivity index (χ3v) is 5.07. The van der Waals surface area contributed by atoms with Crippen molar-refractivity contribution in [3.05, 3.63) is 0 Å². The van der Waals surface area contributed by atoms with E-state index in [1.165, 1.54) is 17.7 Å². The molecule has 23 heavy (non-hydrogen) atoms. The molecule has 130 valence electrons. The number of thioether (sulfide) groups is 1. The van der Waals surface area contributed by atoms with E-state index >= 15 is 0 Å². The number of ether oxygens (including phenoxy) is 1. The lowest BCUT2D eigenvalue weighted by Gasteiger charge is -2.36. The number of imide groups is 1. The van der Waals surface area contributed by atoms with Crippen LogP contribution in [0.3, 0.4) is 0 Å². The van der Waals surface area contributed by atoms with Gasteiger partial charge in [-0.3, -0.25) is 10.1 Å². The molecule has 0 radical (unpaired) electrons. The lowest BCUT2D eigenvalue weighted by atomic mass is 10.1. The minimum absolute atomic E-state index is 0.275. The number of unbranched alkanes of at least 4 members (excludes halogenated alkanes) is 2. The second kappa shape index (κ2) is 8.54. The maximum absolute atomic E-state index is 12.3. The Hall–Kier alpha value is -1.28. The second-order valence-electron chi connectivity index (χ2n) is 5.62. The average molecular weight is 342 g/mol.